The Hall–Kier alpha value is -4.07. The topological polar surface area (TPSA) is 212 Å². The second-order valence-electron chi connectivity index (χ2n) is 10.4. The van der Waals surface area contributed by atoms with Gasteiger partial charge in [0.2, 0.25) is 17.6 Å². The normalized spacial score (nSPS) is 19.0. The average molecular weight is 691 g/mol. The van der Waals surface area contributed by atoms with Gasteiger partial charge in [0.15, 0.2) is 9.47 Å². The molecule has 0 radical (unpaired) electrons. The van der Waals surface area contributed by atoms with E-state index in [0.29, 0.717) is 27.0 Å². The van der Waals surface area contributed by atoms with E-state index in [1.165, 1.54) is 34.9 Å². The minimum atomic E-state index is -1.35. The quantitative estimate of drug-likeness (QED) is 0.0867. The van der Waals surface area contributed by atoms with Crippen molar-refractivity contribution in [3.05, 3.63) is 58.5 Å². The first-order chi connectivity index (χ1) is 21.4. The van der Waals surface area contributed by atoms with E-state index in [2.05, 4.69) is 30.0 Å². The zero-order chi connectivity index (χ0) is 32.3. The molecule has 0 aliphatic carbocycles. The van der Waals surface area contributed by atoms with E-state index in [-0.39, 0.29) is 16.7 Å². The number of nitrogens with zero attached hydrogens (tertiary/aromatic N) is 6. The van der Waals surface area contributed by atoms with Gasteiger partial charge in [-0.3, -0.25) is 14.5 Å². The summed E-state index contributed by atoms with van der Waals surface area (Å²) in [5.41, 5.74) is 6.89. The molecule has 1 aromatic carbocycles. The molecule has 2 unspecified atom stereocenters. The van der Waals surface area contributed by atoms with Crippen LogP contribution in [0.5, 0.6) is 0 Å². The molecule has 3 aromatic rings. The Balaban J connectivity index is 1.36. The molecule has 0 bridgehead atoms. The van der Waals surface area contributed by atoms with Gasteiger partial charge < -0.3 is 25.7 Å². The number of anilines is 1. The number of thioether (sulfide) groups is 2. The number of rotatable bonds is 11. The van der Waals surface area contributed by atoms with Gasteiger partial charge in [-0.1, -0.05) is 58.6 Å². The number of carbonyl (C=O) groups excluding carboxylic acids is 3. The third-order valence-electron chi connectivity index (χ3n) is 6.09. The van der Waals surface area contributed by atoms with Crippen molar-refractivity contribution in [1.29, 1.82) is 0 Å². The fourth-order valence-electron chi connectivity index (χ4n) is 4.22. The van der Waals surface area contributed by atoms with Crippen LogP contribution in [0, 0.1) is 0 Å². The van der Waals surface area contributed by atoms with Crippen molar-refractivity contribution in [3.63, 3.8) is 0 Å². The van der Waals surface area contributed by atoms with Gasteiger partial charge in [-0.25, -0.2) is 9.59 Å². The molecule has 3 atom stereocenters. The molecule has 2 amide bonds. The number of nitrogens with two attached hydrogens (primary N) is 1. The molecule has 45 heavy (non-hydrogen) atoms. The predicted octanol–water partition coefficient (Wildman–Crippen LogP) is 2.31. The first kappa shape index (κ1) is 32.3. The number of carbonyl (C=O) groups is 4. The third-order valence-corrected chi connectivity index (χ3v) is 9.92. The lowest BCUT2D eigenvalue weighted by Crippen LogP contribution is -2.71. The lowest BCUT2D eigenvalue weighted by molar-refractivity contribution is -0.169. The Morgan fingerprint density at radius 2 is 2.02 bits per heavy atom. The summed E-state index contributed by atoms with van der Waals surface area (Å²) in [6.45, 7) is 5.10. The highest BCUT2D eigenvalue weighted by Crippen LogP contribution is 2.41. The van der Waals surface area contributed by atoms with E-state index >= 15 is 0 Å². The summed E-state index contributed by atoms with van der Waals surface area (Å²) in [7, 11) is 0. The Labute approximate surface area is 272 Å². The molecule has 4 heterocycles. The lowest BCUT2D eigenvalue weighted by atomic mass is 10.0. The van der Waals surface area contributed by atoms with Crippen molar-refractivity contribution >= 4 is 81.0 Å². The lowest BCUT2D eigenvalue weighted by Gasteiger charge is -2.49. The molecule has 0 spiro atoms. The molecule has 1 saturated heterocycles. The molecule has 15 nitrogen and oxygen atoms in total. The van der Waals surface area contributed by atoms with Crippen molar-refractivity contribution in [2.24, 2.45) is 5.16 Å². The number of benzene rings is 1. The van der Waals surface area contributed by atoms with Crippen LogP contribution in [0.25, 0.3) is 0 Å². The fourth-order valence-corrected chi connectivity index (χ4v) is 7.63. The highest BCUT2D eigenvalue weighted by molar-refractivity contribution is 8.01. The van der Waals surface area contributed by atoms with Crippen LogP contribution in [0.15, 0.2) is 56.6 Å². The molecule has 19 heteroatoms. The smallest absolute Gasteiger partial charge is 0.355 e. The molecular formula is C26H26N8O7S4. The molecule has 236 valence electrons. The minimum Gasteiger partial charge on any atom is -0.477 e. The number of aliphatic carboxylic acids is 1. The van der Waals surface area contributed by atoms with Crippen LogP contribution in [0.4, 0.5) is 5.13 Å². The molecule has 2 aliphatic rings. The van der Waals surface area contributed by atoms with E-state index in [1.807, 2.05) is 0 Å². The maximum Gasteiger partial charge on any atom is 0.355 e. The van der Waals surface area contributed by atoms with Gasteiger partial charge in [-0.15, -0.1) is 22.0 Å². The summed E-state index contributed by atoms with van der Waals surface area (Å²) in [5, 5.41) is 23.6. The number of amides is 2. The number of hydrogen-bond acceptors (Lipinski definition) is 16. The van der Waals surface area contributed by atoms with Crippen LogP contribution < -0.4 is 11.1 Å². The van der Waals surface area contributed by atoms with Crippen LogP contribution in [-0.2, 0) is 28.8 Å². The van der Waals surface area contributed by atoms with Gasteiger partial charge in [0, 0.05) is 28.6 Å². The highest BCUT2D eigenvalue weighted by Gasteiger charge is 2.54. The van der Waals surface area contributed by atoms with Crippen molar-refractivity contribution in [2.75, 3.05) is 17.2 Å². The van der Waals surface area contributed by atoms with Crippen LogP contribution in [-0.4, -0.2) is 87.5 Å². The van der Waals surface area contributed by atoms with E-state index < -0.39 is 52.6 Å². The highest BCUT2D eigenvalue weighted by atomic mass is 32.2. The van der Waals surface area contributed by atoms with Gasteiger partial charge in [0.1, 0.15) is 28.2 Å². The molecule has 0 saturated carbocycles. The molecule has 1 fully saturated rings. The largest absolute Gasteiger partial charge is 0.477 e. The first-order valence-corrected chi connectivity index (χ1v) is 16.8. The number of β-lactam (4-membered cyclic amide) rings is 1. The number of carboxylic acids is 1. The number of nitrogens with one attached hydrogen (secondary N) is 1. The Bertz CT molecular complexity index is 1660. The third kappa shape index (κ3) is 7.43. The predicted molar refractivity (Wildman–Crippen MR) is 167 cm³/mol. The van der Waals surface area contributed by atoms with Crippen LogP contribution in [0.2, 0.25) is 0 Å². The fraction of sp³-hybridized carbons (Fsp3) is 0.346. The number of aromatic nitrogens is 4. The number of oxime groups is 1. The monoisotopic (exact) mass is 690 g/mol. The zero-order valence-electron chi connectivity index (χ0n) is 23.9. The van der Waals surface area contributed by atoms with Crippen molar-refractivity contribution in [1.82, 2.24) is 29.8 Å². The summed E-state index contributed by atoms with van der Waals surface area (Å²) >= 11 is 4.77. The number of esters is 1. The van der Waals surface area contributed by atoms with Gasteiger partial charge in [-0.05, 0) is 26.3 Å². The van der Waals surface area contributed by atoms with Crippen LogP contribution in [0.3, 0.4) is 0 Å². The molecule has 5 rings (SSSR count). The van der Waals surface area contributed by atoms with Gasteiger partial charge in [0.25, 0.3) is 11.8 Å². The van der Waals surface area contributed by atoms with Gasteiger partial charge >= 0.3 is 11.9 Å². The SMILES string of the molecule is CC(C)(C)OC(=O)C(ON=C(C(=O)NC1C(=O)N2C(C(=O)O)=C(CSc3nncs3)CS[C@@H]12)c1nsc(N)n1)c1ccccc1. The summed E-state index contributed by atoms with van der Waals surface area (Å²) < 4.78 is 10.2. The van der Waals surface area contributed by atoms with E-state index in [4.69, 9.17) is 15.3 Å². The maximum absolute atomic E-state index is 13.6. The second-order valence-corrected chi connectivity index (χ2v) is 14.4. The number of ether oxygens (including phenoxy) is 1. The van der Waals surface area contributed by atoms with Gasteiger partial charge in [0.05, 0.1) is 0 Å². The number of nitrogen functional groups attached to an aromatic ring is 1. The summed E-state index contributed by atoms with van der Waals surface area (Å²) in [5.74, 6) is -3.07. The standard InChI is InChI=1S/C26H26N8O7S4/c1-26(2,3)40-23(39)17(12-7-5-4-6-8-12)41-32-14(18-30-24(27)45-33-18)19(35)29-15-20(36)34-16(22(37)38)13(9-42-21(15)34)10-43-25-31-28-11-44-25/h4-8,11,15,17,21H,9-10H2,1-3H3,(H,29,35)(H,37,38)(H2,27,30,33)/t15?,17?,21-/m0/s1. The van der Waals surface area contributed by atoms with Crippen molar-refractivity contribution < 1.29 is 33.9 Å². The average Bonchev–Trinajstić information content (AvgIpc) is 3.67. The Morgan fingerprint density at radius 1 is 1.27 bits per heavy atom. The minimum absolute atomic E-state index is 0.0427. The van der Waals surface area contributed by atoms with Gasteiger partial charge in [-0.2, -0.15) is 9.36 Å². The molecule has 2 aliphatic heterocycles. The van der Waals surface area contributed by atoms with E-state index in [9.17, 15) is 24.3 Å². The first-order valence-electron chi connectivity index (χ1n) is 13.1. The molecule has 4 N–H and O–H groups in total. The molecule has 2 aromatic heterocycles. The Kier molecular flexibility index (Phi) is 9.70. The summed E-state index contributed by atoms with van der Waals surface area (Å²) in [4.78, 5) is 62.9. The zero-order valence-corrected chi connectivity index (χ0v) is 27.2. The van der Waals surface area contributed by atoms with E-state index in [0.717, 1.165) is 16.4 Å². The number of carboxylic acid groups (broad SMARTS) is 1. The Morgan fingerprint density at radius 3 is 2.64 bits per heavy atom. The summed E-state index contributed by atoms with van der Waals surface area (Å²) in [6, 6.07) is 7.36. The number of fused-ring (bicyclic) bond motifs is 1. The van der Waals surface area contributed by atoms with E-state index in [1.54, 1.807) is 56.6 Å². The van der Waals surface area contributed by atoms with Crippen LogP contribution >= 0.6 is 46.4 Å². The maximum atomic E-state index is 13.6. The molecular weight excluding hydrogens is 665 g/mol. The second kappa shape index (κ2) is 13.5. The number of hydrogen-bond donors (Lipinski definition) is 3. The van der Waals surface area contributed by atoms with Crippen molar-refractivity contribution in [2.45, 2.75) is 48.2 Å². The van der Waals surface area contributed by atoms with Crippen LogP contribution in [0.1, 0.15) is 38.3 Å². The summed E-state index contributed by atoms with van der Waals surface area (Å²) in [6.07, 6.45) is -1.35. The van der Waals surface area contributed by atoms with Crippen molar-refractivity contribution in [3.8, 4) is 0 Å².